The highest BCUT2D eigenvalue weighted by Crippen LogP contribution is 2.23. The molecule has 0 saturated carbocycles. The van der Waals surface area contributed by atoms with E-state index in [-0.39, 0.29) is 11.3 Å². The number of hydrogen-bond acceptors (Lipinski definition) is 2. The number of nitrogens with one attached hydrogen (secondary N) is 1. The van der Waals surface area contributed by atoms with Gasteiger partial charge in [0, 0.05) is 25.0 Å². The van der Waals surface area contributed by atoms with Gasteiger partial charge in [0.15, 0.2) is 0 Å². The molecule has 1 rings (SSSR count). The van der Waals surface area contributed by atoms with E-state index in [4.69, 9.17) is 0 Å². The van der Waals surface area contributed by atoms with Crippen LogP contribution in [-0.4, -0.2) is 36.5 Å². The molecule has 0 aliphatic carbocycles. The quantitative estimate of drug-likeness (QED) is 0.818. The summed E-state index contributed by atoms with van der Waals surface area (Å²) < 4.78 is 0. The van der Waals surface area contributed by atoms with Gasteiger partial charge in [-0.3, -0.25) is 4.79 Å². The Balaban J connectivity index is 2.61. The Bertz CT molecular complexity index is 270. The highest BCUT2D eigenvalue weighted by atomic mass is 16.2. The molecule has 1 saturated heterocycles. The Hall–Kier alpha value is -0.570. The lowest BCUT2D eigenvalue weighted by molar-refractivity contribution is -0.138. The van der Waals surface area contributed by atoms with Crippen molar-refractivity contribution >= 4 is 5.91 Å². The fourth-order valence-electron chi connectivity index (χ4n) is 2.50. The van der Waals surface area contributed by atoms with Crippen molar-refractivity contribution in [1.29, 1.82) is 0 Å². The third kappa shape index (κ3) is 4.27. The van der Waals surface area contributed by atoms with Gasteiger partial charge in [-0.05, 0) is 31.2 Å². The molecule has 1 N–H and O–H groups in total. The summed E-state index contributed by atoms with van der Waals surface area (Å²) in [6.07, 6.45) is 3.34. The average Bonchev–Trinajstić information content (AvgIpc) is 2.28. The molecule has 0 aromatic heterocycles. The van der Waals surface area contributed by atoms with E-state index in [0.29, 0.717) is 11.9 Å². The van der Waals surface area contributed by atoms with Crippen LogP contribution in [-0.2, 0) is 4.79 Å². The SMILES string of the molecule is CCCNC(CN1CCCC(C)C1=O)C(C)(C)C. The number of piperidine rings is 1. The van der Waals surface area contributed by atoms with E-state index in [1.165, 1.54) is 0 Å². The van der Waals surface area contributed by atoms with Crippen molar-refractivity contribution in [3.8, 4) is 0 Å². The second kappa shape index (κ2) is 6.55. The largest absolute Gasteiger partial charge is 0.341 e. The first-order valence-corrected chi connectivity index (χ1v) is 7.38. The second-order valence-corrected chi connectivity index (χ2v) is 6.70. The van der Waals surface area contributed by atoms with Gasteiger partial charge in [-0.1, -0.05) is 34.6 Å². The van der Waals surface area contributed by atoms with Crippen LogP contribution in [0, 0.1) is 11.3 Å². The van der Waals surface area contributed by atoms with Crippen molar-refractivity contribution in [1.82, 2.24) is 10.2 Å². The zero-order chi connectivity index (χ0) is 13.8. The number of carbonyl (C=O) groups excluding carboxylic acids is 1. The van der Waals surface area contributed by atoms with Gasteiger partial charge in [0.05, 0.1) is 0 Å². The van der Waals surface area contributed by atoms with Crippen LogP contribution in [0.2, 0.25) is 0 Å². The van der Waals surface area contributed by atoms with Crippen molar-refractivity contribution in [2.24, 2.45) is 11.3 Å². The van der Waals surface area contributed by atoms with E-state index in [1.54, 1.807) is 0 Å². The molecule has 0 radical (unpaired) electrons. The third-order valence-corrected chi connectivity index (χ3v) is 3.89. The number of hydrogen-bond donors (Lipinski definition) is 1. The summed E-state index contributed by atoms with van der Waals surface area (Å²) in [6.45, 7) is 13.8. The van der Waals surface area contributed by atoms with Crippen LogP contribution >= 0.6 is 0 Å². The maximum absolute atomic E-state index is 12.2. The molecule has 1 aliphatic rings. The zero-order valence-electron chi connectivity index (χ0n) is 12.8. The van der Waals surface area contributed by atoms with Crippen LogP contribution in [0.3, 0.4) is 0 Å². The highest BCUT2D eigenvalue weighted by molar-refractivity contribution is 5.79. The topological polar surface area (TPSA) is 32.3 Å². The molecule has 1 amide bonds. The first kappa shape index (κ1) is 15.5. The molecule has 0 bridgehead atoms. The van der Waals surface area contributed by atoms with Crippen molar-refractivity contribution < 1.29 is 4.79 Å². The molecule has 0 aromatic rings. The van der Waals surface area contributed by atoms with Crippen molar-refractivity contribution in [3.63, 3.8) is 0 Å². The van der Waals surface area contributed by atoms with Crippen LogP contribution in [0.5, 0.6) is 0 Å². The summed E-state index contributed by atoms with van der Waals surface area (Å²) in [6, 6.07) is 0.381. The number of likely N-dealkylation sites (tertiary alicyclic amines) is 1. The maximum atomic E-state index is 12.2. The van der Waals surface area contributed by atoms with E-state index >= 15 is 0 Å². The van der Waals surface area contributed by atoms with Gasteiger partial charge in [0.2, 0.25) is 5.91 Å². The number of nitrogens with zero attached hydrogens (tertiary/aromatic N) is 1. The molecule has 18 heavy (non-hydrogen) atoms. The minimum absolute atomic E-state index is 0.191. The lowest BCUT2D eigenvalue weighted by Crippen LogP contribution is -2.52. The molecule has 2 atom stereocenters. The molecule has 1 fully saturated rings. The van der Waals surface area contributed by atoms with Crippen LogP contribution in [0.15, 0.2) is 0 Å². The monoisotopic (exact) mass is 254 g/mol. The molecule has 3 nitrogen and oxygen atoms in total. The molecular formula is C15H30N2O. The first-order valence-electron chi connectivity index (χ1n) is 7.38. The molecule has 2 unspecified atom stereocenters. The Kier molecular flexibility index (Phi) is 5.64. The van der Waals surface area contributed by atoms with E-state index < -0.39 is 0 Å². The minimum Gasteiger partial charge on any atom is -0.341 e. The standard InChI is InChI=1S/C15H30N2O/c1-6-9-16-13(15(3,4)5)11-17-10-7-8-12(2)14(17)18/h12-13,16H,6-11H2,1-5H3. The molecule has 1 heterocycles. The fourth-order valence-corrected chi connectivity index (χ4v) is 2.50. The number of amides is 1. The summed E-state index contributed by atoms with van der Waals surface area (Å²) in [4.78, 5) is 14.2. The van der Waals surface area contributed by atoms with Crippen LogP contribution in [0.1, 0.15) is 53.9 Å². The van der Waals surface area contributed by atoms with Crippen LogP contribution < -0.4 is 5.32 Å². The van der Waals surface area contributed by atoms with Gasteiger partial charge in [-0.15, -0.1) is 0 Å². The molecular weight excluding hydrogens is 224 g/mol. The molecule has 106 valence electrons. The Morgan fingerprint density at radius 3 is 2.67 bits per heavy atom. The summed E-state index contributed by atoms with van der Waals surface area (Å²) in [5.74, 6) is 0.555. The average molecular weight is 254 g/mol. The van der Waals surface area contributed by atoms with Gasteiger partial charge in [0.25, 0.3) is 0 Å². The second-order valence-electron chi connectivity index (χ2n) is 6.70. The van der Waals surface area contributed by atoms with Crippen molar-refractivity contribution in [2.75, 3.05) is 19.6 Å². The minimum atomic E-state index is 0.191. The number of carbonyl (C=O) groups is 1. The van der Waals surface area contributed by atoms with E-state index in [2.05, 4.69) is 44.8 Å². The molecule has 3 heteroatoms. The number of rotatable bonds is 5. The summed E-state index contributed by atoms with van der Waals surface area (Å²) in [5.41, 5.74) is 0.191. The zero-order valence-corrected chi connectivity index (χ0v) is 12.8. The predicted molar refractivity (Wildman–Crippen MR) is 76.5 cm³/mol. The van der Waals surface area contributed by atoms with Crippen molar-refractivity contribution in [2.45, 2.75) is 59.9 Å². The van der Waals surface area contributed by atoms with Gasteiger partial charge in [-0.2, -0.15) is 0 Å². The Morgan fingerprint density at radius 1 is 1.44 bits per heavy atom. The van der Waals surface area contributed by atoms with E-state index in [9.17, 15) is 4.79 Å². The molecule has 0 spiro atoms. The van der Waals surface area contributed by atoms with Gasteiger partial charge in [0.1, 0.15) is 0 Å². The lowest BCUT2D eigenvalue weighted by atomic mass is 9.85. The Labute approximate surface area is 112 Å². The normalized spacial score (nSPS) is 23.3. The Morgan fingerprint density at radius 2 is 2.11 bits per heavy atom. The summed E-state index contributed by atoms with van der Waals surface area (Å²) in [5, 5.41) is 3.60. The molecule has 1 aliphatic heterocycles. The van der Waals surface area contributed by atoms with Crippen LogP contribution in [0.25, 0.3) is 0 Å². The van der Waals surface area contributed by atoms with Gasteiger partial charge < -0.3 is 10.2 Å². The predicted octanol–water partition coefficient (Wildman–Crippen LogP) is 2.66. The maximum Gasteiger partial charge on any atom is 0.225 e. The van der Waals surface area contributed by atoms with Gasteiger partial charge in [-0.25, -0.2) is 0 Å². The first-order chi connectivity index (χ1) is 8.36. The van der Waals surface area contributed by atoms with Crippen molar-refractivity contribution in [3.05, 3.63) is 0 Å². The lowest BCUT2D eigenvalue weighted by Gasteiger charge is -2.39. The van der Waals surface area contributed by atoms with Crippen LogP contribution in [0.4, 0.5) is 0 Å². The summed E-state index contributed by atoms with van der Waals surface area (Å²) >= 11 is 0. The smallest absolute Gasteiger partial charge is 0.225 e. The summed E-state index contributed by atoms with van der Waals surface area (Å²) in [7, 11) is 0. The third-order valence-electron chi connectivity index (χ3n) is 3.89. The van der Waals surface area contributed by atoms with Gasteiger partial charge >= 0.3 is 0 Å². The molecule has 0 aromatic carbocycles. The van der Waals surface area contributed by atoms with E-state index in [1.807, 2.05) is 0 Å². The van der Waals surface area contributed by atoms with E-state index in [0.717, 1.165) is 38.9 Å². The fraction of sp³-hybridized carbons (Fsp3) is 0.933. The highest BCUT2D eigenvalue weighted by Gasteiger charge is 2.31.